The van der Waals surface area contributed by atoms with Gasteiger partial charge in [-0.25, -0.2) is 0 Å². The van der Waals surface area contributed by atoms with Gasteiger partial charge >= 0.3 is 0 Å². The van der Waals surface area contributed by atoms with Crippen LogP contribution in [0.15, 0.2) is 12.4 Å². The molecule has 22 heavy (non-hydrogen) atoms. The molecule has 120 valence electrons. The first kappa shape index (κ1) is 16.2. The number of anilines is 1. The summed E-state index contributed by atoms with van der Waals surface area (Å²) in [4.78, 5) is 12.0. The van der Waals surface area contributed by atoms with Crippen LogP contribution >= 0.6 is 0 Å². The third kappa shape index (κ3) is 3.73. The van der Waals surface area contributed by atoms with Gasteiger partial charge < -0.3 is 10.6 Å². The lowest BCUT2D eigenvalue weighted by atomic mass is 10.1. The molecule has 2 unspecified atom stereocenters. The molecule has 2 heterocycles. The number of carbonyl (C=O) groups excluding carboxylic acids is 1. The van der Waals surface area contributed by atoms with E-state index in [0.717, 1.165) is 22.6 Å². The Kier molecular flexibility index (Phi) is 4.97. The Balaban J connectivity index is 1.85. The van der Waals surface area contributed by atoms with E-state index in [2.05, 4.69) is 32.9 Å². The van der Waals surface area contributed by atoms with Gasteiger partial charge in [-0.15, -0.1) is 0 Å². The summed E-state index contributed by atoms with van der Waals surface area (Å²) in [5, 5.41) is 17.3. The highest BCUT2D eigenvalue weighted by atomic mass is 16.1. The number of nitrogens with one attached hydrogen (secondary N) is 3. The maximum atomic E-state index is 12.0. The standard InChI is InChI=1S/C15H24N6O/c1-9-6-17-21(8-9)13(5)10(2)16-7-14(22)18-15-11(3)19-20-12(15)4/h6,8,10,13,16H,7H2,1-5H3,(H,18,22)(H,19,20). The van der Waals surface area contributed by atoms with E-state index in [-0.39, 0.29) is 24.5 Å². The molecule has 0 aromatic carbocycles. The van der Waals surface area contributed by atoms with Gasteiger partial charge in [-0.3, -0.25) is 14.6 Å². The van der Waals surface area contributed by atoms with Gasteiger partial charge in [0.25, 0.3) is 0 Å². The van der Waals surface area contributed by atoms with Crippen LogP contribution in [0.25, 0.3) is 0 Å². The number of carbonyl (C=O) groups is 1. The molecule has 2 atom stereocenters. The molecule has 2 aromatic rings. The molecule has 0 saturated heterocycles. The van der Waals surface area contributed by atoms with E-state index in [1.54, 1.807) is 0 Å². The highest BCUT2D eigenvalue weighted by molar-refractivity contribution is 5.93. The monoisotopic (exact) mass is 304 g/mol. The van der Waals surface area contributed by atoms with Crippen molar-refractivity contribution >= 4 is 11.6 Å². The number of aryl methyl sites for hydroxylation is 3. The molecule has 0 spiro atoms. The van der Waals surface area contributed by atoms with Crippen molar-refractivity contribution in [2.24, 2.45) is 0 Å². The molecule has 7 heteroatoms. The van der Waals surface area contributed by atoms with Crippen molar-refractivity contribution in [2.45, 2.75) is 46.7 Å². The van der Waals surface area contributed by atoms with E-state index in [4.69, 9.17) is 0 Å². The Labute approximate surface area is 130 Å². The average molecular weight is 304 g/mol. The zero-order chi connectivity index (χ0) is 16.3. The second-order valence-corrected chi connectivity index (χ2v) is 5.77. The van der Waals surface area contributed by atoms with Crippen molar-refractivity contribution in [3.63, 3.8) is 0 Å². The maximum absolute atomic E-state index is 12.0. The molecule has 7 nitrogen and oxygen atoms in total. The van der Waals surface area contributed by atoms with Crippen LogP contribution in [-0.2, 0) is 4.79 Å². The number of H-pyrrole nitrogens is 1. The molecule has 0 radical (unpaired) electrons. The number of aromatic amines is 1. The molecule has 2 rings (SSSR count). The number of amides is 1. The number of hydrogen-bond donors (Lipinski definition) is 3. The molecule has 0 fully saturated rings. The number of nitrogens with zero attached hydrogens (tertiary/aromatic N) is 3. The first-order chi connectivity index (χ1) is 10.4. The smallest absolute Gasteiger partial charge is 0.238 e. The number of aromatic nitrogens is 4. The Morgan fingerprint density at radius 3 is 2.64 bits per heavy atom. The third-order valence-corrected chi connectivity index (χ3v) is 3.85. The lowest BCUT2D eigenvalue weighted by Gasteiger charge is -2.21. The van der Waals surface area contributed by atoms with Crippen molar-refractivity contribution < 1.29 is 4.79 Å². The second kappa shape index (κ2) is 6.74. The summed E-state index contributed by atoms with van der Waals surface area (Å²) >= 11 is 0. The number of hydrogen-bond acceptors (Lipinski definition) is 4. The van der Waals surface area contributed by atoms with E-state index < -0.39 is 0 Å². The Morgan fingerprint density at radius 1 is 1.36 bits per heavy atom. The fourth-order valence-electron chi connectivity index (χ4n) is 2.23. The molecule has 3 N–H and O–H groups in total. The molecule has 0 saturated carbocycles. The van der Waals surface area contributed by atoms with Gasteiger partial charge in [-0.1, -0.05) is 0 Å². The summed E-state index contributed by atoms with van der Waals surface area (Å²) in [6.07, 6.45) is 3.83. The van der Waals surface area contributed by atoms with Gasteiger partial charge in [0.05, 0.1) is 35.9 Å². The summed E-state index contributed by atoms with van der Waals surface area (Å²) in [5.74, 6) is -0.0803. The van der Waals surface area contributed by atoms with Gasteiger partial charge in [-0.05, 0) is 40.2 Å². The minimum atomic E-state index is -0.0803. The van der Waals surface area contributed by atoms with Gasteiger partial charge in [0.15, 0.2) is 0 Å². The van der Waals surface area contributed by atoms with Gasteiger partial charge in [0.1, 0.15) is 0 Å². The van der Waals surface area contributed by atoms with Crippen LogP contribution in [0.1, 0.15) is 36.8 Å². The fraction of sp³-hybridized carbons (Fsp3) is 0.533. The highest BCUT2D eigenvalue weighted by Crippen LogP contribution is 2.15. The van der Waals surface area contributed by atoms with Crippen LogP contribution in [0.4, 0.5) is 5.69 Å². The third-order valence-electron chi connectivity index (χ3n) is 3.85. The van der Waals surface area contributed by atoms with Crippen LogP contribution < -0.4 is 10.6 Å². The first-order valence-electron chi connectivity index (χ1n) is 7.44. The summed E-state index contributed by atoms with van der Waals surface area (Å²) in [6.45, 7) is 10.1. The predicted octanol–water partition coefficient (Wildman–Crippen LogP) is 1.71. The van der Waals surface area contributed by atoms with Gasteiger partial charge in [-0.2, -0.15) is 10.2 Å². The summed E-state index contributed by atoms with van der Waals surface area (Å²) in [5.41, 5.74) is 3.54. The molecule has 0 bridgehead atoms. The summed E-state index contributed by atoms with van der Waals surface area (Å²) in [7, 11) is 0. The van der Waals surface area contributed by atoms with E-state index >= 15 is 0 Å². The van der Waals surface area contributed by atoms with Crippen LogP contribution in [-0.4, -0.2) is 38.5 Å². The molecule has 0 aliphatic rings. The molecule has 0 aliphatic carbocycles. The van der Waals surface area contributed by atoms with E-state index in [9.17, 15) is 4.79 Å². The minimum Gasteiger partial charge on any atom is -0.322 e. The quantitative estimate of drug-likeness (QED) is 0.758. The first-order valence-corrected chi connectivity index (χ1v) is 7.44. The summed E-state index contributed by atoms with van der Waals surface area (Å²) < 4.78 is 1.91. The zero-order valence-corrected chi connectivity index (χ0v) is 13.8. The van der Waals surface area contributed by atoms with Crippen molar-refractivity contribution in [1.82, 2.24) is 25.3 Å². The molecular weight excluding hydrogens is 280 g/mol. The predicted molar refractivity (Wildman–Crippen MR) is 85.8 cm³/mol. The Bertz CT molecular complexity index is 625. The van der Waals surface area contributed by atoms with Crippen molar-refractivity contribution in [3.8, 4) is 0 Å². The lowest BCUT2D eigenvalue weighted by molar-refractivity contribution is -0.115. The summed E-state index contributed by atoms with van der Waals surface area (Å²) in [6, 6.07) is 0.287. The largest absolute Gasteiger partial charge is 0.322 e. The SMILES string of the molecule is Cc1cnn(C(C)C(C)NCC(=O)Nc2c(C)n[nH]c2C)c1. The van der Waals surface area contributed by atoms with Gasteiger partial charge in [0, 0.05) is 12.2 Å². The number of rotatable bonds is 6. The fourth-order valence-corrected chi connectivity index (χ4v) is 2.23. The highest BCUT2D eigenvalue weighted by Gasteiger charge is 2.16. The average Bonchev–Trinajstić information content (AvgIpc) is 3.04. The van der Waals surface area contributed by atoms with E-state index in [1.807, 2.05) is 44.8 Å². The van der Waals surface area contributed by atoms with Crippen molar-refractivity contribution in [2.75, 3.05) is 11.9 Å². The van der Waals surface area contributed by atoms with Crippen molar-refractivity contribution in [1.29, 1.82) is 0 Å². The van der Waals surface area contributed by atoms with E-state index in [1.165, 1.54) is 0 Å². The molecule has 1 amide bonds. The van der Waals surface area contributed by atoms with Crippen LogP contribution in [0.3, 0.4) is 0 Å². The van der Waals surface area contributed by atoms with E-state index in [0.29, 0.717) is 0 Å². The minimum absolute atomic E-state index is 0.0803. The molecular formula is C15H24N6O. The maximum Gasteiger partial charge on any atom is 0.238 e. The topological polar surface area (TPSA) is 87.6 Å². The second-order valence-electron chi connectivity index (χ2n) is 5.77. The normalized spacial score (nSPS) is 13.9. The lowest BCUT2D eigenvalue weighted by Crippen LogP contribution is -2.39. The van der Waals surface area contributed by atoms with Crippen molar-refractivity contribution in [3.05, 3.63) is 29.3 Å². The zero-order valence-electron chi connectivity index (χ0n) is 13.8. The molecule has 2 aromatic heterocycles. The van der Waals surface area contributed by atoms with Crippen LogP contribution in [0, 0.1) is 20.8 Å². The Hall–Kier alpha value is -2.15. The Morgan fingerprint density at radius 2 is 2.09 bits per heavy atom. The van der Waals surface area contributed by atoms with Crippen LogP contribution in [0.2, 0.25) is 0 Å². The van der Waals surface area contributed by atoms with Gasteiger partial charge in [0.2, 0.25) is 5.91 Å². The molecule has 0 aliphatic heterocycles. The van der Waals surface area contributed by atoms with Crippen LogP contribution in [0.5, 0.6) is 0 Å².